The molecular formula is C24H27NO6. The fraction of sp³-hybridized carbons (Fsp3) is 0.333. The lowest BCUT2D eigenvalue weighted by atomic mass is 10.1. The van der Waals surface area contributed by atoms with Crippen molar-refractivity contribution in [1.29, 1.82) is 0 Å². The maximum absolute atomic E-state index is 12.4. The summed E-state index contributed by atoms with van der Waals surface area (Å²) in [5.74, 6) is 4.68. The van der Waals surface area contributed by atoms with Crippen molar-refractivity contribution in [3.8, 4) is 11.8 Å². The highest BCUT2D eigenvalue weighted by atomic mass is 16.6. The predicted octanol–water partition coefficient (Wildman–Crippen LogP) is 1.92. The number of rotatable bonds is 10. The van der Waals surface area contributed by atoms with Crippen molar-refractivity contribution >= 4 is 11.9 Å². The first kappa shape index (κ1) is 24.1. The third-order valence-corrected chi connectivity index (χ3v) is 4.21. The van der Waals surface area contributed by atoms with Crippen LogP contribution in [0.15, 0.2) is 54.6 Å². The zero-order valence-electron chi connectivity index (χ0n) is 17.7. The van der Waals surface area contributed by atoms with Crippen molar-refractivity contribution in [3.05, 3.63) is 71.3 Å². The minimum atomic E-state index is -1.27. The molecule has 1 amide bonds. The van der Waals surface area contributed by atoms with Crippen LogP contribution in [0.1, 0.15) is 28.4 Å². The summed E-state index contributed by atoms with van der Waals surface area (Å²) in [5, 5.41) is 13.1. The van der Waals surface area contributed by atoms with Gasteiger partial charge in [0, 0.05) is 24.8 Å². The van der Waals surface area contributed by atoms with Crippen molar-refractivity contribution in [2.24, 2.45) is 0 Å². The zero-order chi connectivity index (χ0) is 22.5. The largest absolute Gasteiger partial charge is 0.464 e. The van der Waals surface area contributed by atoms with Crippen LogP contribution < -0.4 is 5.32 Å². The van der Waals surface area contributed by atoms with E-state index < -0.39 is 18.2 Å². The summed E-state index contributed by atoms with van der Waals surface area (Å²) in [5.41, 5.74) is 2.01. The molecule has 2 N–H and O–H groups in total. The molecule has 164 valence electrons. The van der Waals surface area contributed by atoms with Gasteiger partial charge in [0.05, 0.1) is 13.2 Å². The Morgan fingerprint density at radius 2 is 1.81 bits per heavy atom. The topological polar surface area (TPSA) is 94.1 Å². The van der Waals surface area contributed by atoms with E-state index in [1.165, 1.54) is 0 Å². The van der Waals surface area contributed by atoms with Crippen LogP contribution in [-0.2, 0) is 25.6 Å². The van der Waals surface area contributed by atoms with Gasteiger partial charge in [-0.25, -0.2) is 4.79 Å². The van der Waals surface area contributed by atoms with Crippen molar-refractivity contribution in [2.75, 3.05) is 26.9 Å². The van der Waals surface area contributed by atoms with Crippen LogP contribution in [0.2, 0.25) is 0 Å². The monoisotopic (exact) mass is 425 g/mol. The van der Waals surface area contributed by atoms with Gasteiger partial charge in [-0.1, -0.05) is 42.2 Å². The van der Waals surface area contributed by atoms with E-state index in [9.17, 15) is 14.7 Å². The van der Waals surface area contributed by atoms with Gasteiger partial charge in [0.15, 0.2) is 6.10 Å². The van der Waals surface area contributed by atoms with Gasteiger partial charge in [-0.05, 0) is 36.8 Å². The van der Waals surface area contributed by atoms with Crippen LogP contribution in [0.3, 0.4) is 0 Å². The minimum absolute atomic E-state index is 0.126. The molecule has 2 atom stereocenters. The number of nitrogens with one attached hydrogen (secondary N) is 1. The molecule has 31 heavy (non-hydrogen) atoms. The Kier molecular flexibility index (Phi) is 10.3. The average Bonchev–Trinajstić information content (AvgIpc) is 2.79. The maximum atomic E-state index is 12.4. The Bertz CT molecular complexity index is 886. The Balaban J connectivity index is 1.94. The summed E-state index contributed by atoms with van der Waals surface area (Å²) < 4.78 is 15.5. The maximum Gasteiger partial charge on any atom is 0.338 e. The number of aliphatic hydroxyl groups excluding tert-OH is 1. The lowest BCUT2D eigenvalue weighted by Gasteiger charge is -2.22. The van der Waals surface area contributed by atoms with Gasteiger partial charge in [0.2, 0.25) is 0 Å². The number of carbonyl (C=O) groups excluding carboxylic acids is 2. The number of amides is 1. The SMILES string of the molecule is CCOC(=O)[C@@H](OCc1ccccc1)[C@H](O)CNC(=O)c1ccc(C#CCOC)cc1. The molecule has 0 heterocycles. The van der Waals surface area contributed by atoms with E-state index in [4.69, 9.17) is 14.2 Å². The molecule has 0 aliphatic carbocycles. The average molecular weight is 425 g/mol. The molecule has 0 radical (unpaired) electrons. The van der Waals surface area contributed by atoms with Gasteiger partial charge in [-0.3, -0.25) is 4.79 Å². The van der Waals surface area contributed by atoms with E-state index in [1.807, 2.05) is 30.3 Å². The molecule has 0 aromatic heterocycles. The molecule has 2 rings (SSSR count). The van der Waals surface area contributed by atoms with Crippen molar-refractivity contribution in [2.45, 2.75) is 25.7 Å². The van der Waals surface area contributed by atoms with Crippen molar-refractivity contribution < 1.29 is 28.9 Å². The first-order valence-corrected chi connectivity index (χ1v) is 9.91. The number of methoxy groups -OCH3 is 1. The van der Waals surface area contributed by atoms with Crippen LogP contribution in [0.25, 0.3) is 0 Å². The molecule has 2 aromatic carbocycles. The number of carbonyl (C=O) groups is 2. The third-order valence-electron chi connectivity index (χ3n) is 4.21. The highest BCUT2D eigenvalue weighted by Gasteiger charge is 2.29. The van der Waals surface area contributed by atoms with Gasteiger partial charge < -0.3 is 24.6 Å². The molecule has 0 aliphatic rings. The summed E-state index contributed by atoms with van der Waals surface area (Å²) in [4.78, 5) is 24.6. The predicted molar refractivity (Wildman–Crippen MR) is 115 cm³/mol. The van der Waals surface area contributed by atoms with Crippen LogP contribution in [0.5, 0.6) is 0 Å². The fourth-order valence-electron chi connectivity index (χ4n) is 2.64. The van der Waals surface area contributed by atoms with Crippen LogP contribution in [-0.4, -0.2) is 56.1 Å². The first-order valence-electron chi connectivity index (χ1n) is 9.91. The summed E-state index contributed by atoms with van der Waals surface area (Å²) >= 11 is 0. The number of esters is 1. The quantitative estimate of drug-likeness (QED) is 0.446. The molecule has 7 heteroatoms. The third kappa shape index (κ3) is 8.22. The Labute approximate surface area is 182 Å². The summed E-state index contributed by atoms with van der Waals surface area (Å²) in [6.07, 6.45) is -2.50. The van der Waals surface area contributed by atoms with Gasteiger partial charge in [0.25, 0.3) is 5.91 Å². The van der Waals surface area contributed by atoms with E-state index in [-0.39, 0.29) is 25.7 Å². The second-order valence-corrected chi connectivity index (χ2v) is 6.56. The van der Waals surface area contributed by atoms with Crippen LogP contribution in [0, 0.1) is 11.8 Å². The Morgan fingerprint density at radius 1 is 1.10 bits per heavy atom. The molecule has 0 aliphatic heterocycles. The molecule has 0 spiro atoms. The number of hydrogen-bond donors (Lipinski definition) is 2. The van der Waals surface area contributed by atoms with Gasteiger partial charge in [0.1, 0.15) is 12.7 Å². The highest BCUT2D eigenvalue weighted by molar-refractivity contribution is 5.94. The molecule has 0 unspecified atom stereocenters. The van der Waals surface area contributed by atoms with Gasteiger partial charge >= 0.3 is 5.97 Å². The second kappa shape index (κ2) is 13.2. The molecule has 0 saturated heterocycles. The number of benzene rings is 2. The summed E-state index contributed by atoms with van der Waals surface area (Å²) in [6, 6.07) is 16.0. The molecule has 7 nitrogen and oxygen atoms in total. The molecule has 0 bridgehead atoms. The fourth-order valence-corrected chi connectivity index (χ4v) is 2.64. The standard InChI is InChI=1S/C24H27NO6/c1-3-30-24(28)22(31-17-19-8-5-4-6-9-19)21(26)16-25-23(27)20-13-11-18(12-14-20)10-7-15-29-2/h4-6,8-9,11-14,21-22,26H,3,15-17H2,1-2H3,(H,25,27)/t21-,22+/m1/s1. The number of aliphatic hydroxyl groups is 1. The van der Waals surface area contributed by atoms with Gasteiger partial charge in [-0.15, -0.1) is 0 Å². The molecule has 0 fully saturated rings. The number of hydrogen-bond acceptors (Lipinski definition) is 6. The zero-order valence-corrected chi connectivity index (χ0v) is 17.7. The Hall–Kier alpha value is -3.18. The molecule has 2 aromatic rings. The second-order valence-electron chi connectivity index (χ2n) is 6.56. The van der Waals surface area contributed by atoms with Crippen LogP contribution >= 0.6 is 0 Å². The van der Waals surface area contributed by atoms with E-state index in [0.717, 1.165) is 11.1 Å². The highest BCUT2D eigenvalue weighted by Crippen LogP contribution is 2.09. The van der Waals surface area contributed by atoms with E-state index in [0.29, 0.717) is 12.2 Å². The van der Waals surface area contributed by atoms with Crippen molar-refractivity contribution in [1.82, 2.24) is 5.32 Å². The normalized spacial score (nSPS) is 12.2. The van der Waals surface area contributed by atoms with E-state index >= 15 is 0 Å². The lowest BCUT2D eigenvalue weighted by Crippen LogP contribution is -2.45. The first-order chi connectivity index (χ1) is 15.0. The van der Waals surface area contributed by atoms with Crippen molar-refractivity contribution in [3.63, 3.8) is 0 Å². The van der Waals surface area contributed by atoms with Crippen LogP contribution in [0.4, 0.5) is 0 Å². The van der Waals surface area contributed by atoms with E-state index in [1.54, 1.807) is 38.3 Å². The van der Waals surface area contributed by atoms with E-state index in [2.05, 4.69) is 17.2 Å². The Morgan fingerprint density at radius 3 is 2.45 bits per heavy atom. The molecule has 0 saturated carbocycles. The summed E-state index contributed by atoms with van der Waals surface area (Å²) in [7, 11) is 1.57. The minimum Gasteiger partial charge on any atom is -0.464 e. The molecular weight excluding hydrogens is 398 g/mol. The lowest BCUT2D eigenvalue weighted by molar-refractivity contribution is -0.165. The summed E-state index contributed by atoms with van der Waals surface area (Å²) in [6.45, 7) is 2.11. The smallest absolute Gasteiger partial charge is 0.338 e. The van der Waals surface area contributed by atoms with Gasteiger partial charge in [-0.2, -0.15) is 0 Å². The number of ether oxygens (including phenoxy) is 3.